The maximum atomic E-state index is 12.2. The second kappa shape index (κ2) is 8.69. The second-order valence-electron chi connectivity index (χ2n) is 5.88. The molecule has 0 aliphatic heterocycles. The number of carbonyl (C=O) groups excluding carboxylic acids is 1. The number of hydrogen-bond acceptors (Lipinski definition) is 2. The van der Waals surface area contributed by atoms with Crippen molar-refractivity contribution in [2.24, 2.45) is 0 Å². The van der Waals surface area contributed by atoms with Crippen LogP contribution in [0.1, 0.15) is 28.4 Å². The number of nitrogens with one attached hydrogen (secondary N) is 2. The number of para-hydroxylation sites is 1. The lowest BCUT2D eigenvalue weighted by Gasteiger charge is -2.21. The van der Waals surface area contributed by atoms with Crippen LogP contribution in [0.4, 0.5) is 5.69 Å². The third kappa shape index (κ3) is 4.95. The van der Waals surface area contributed by atoms with E-state index in [-0.39, 0.29) is 11.9 Å². The molecule has 3 rings (SSSR count). The first kappa shape index (κ1) is 16.8. The maximum Gasteiger partial charge on any atom is 0.251 e. The zero-order valence-corrected chi connectivity index (χ0v) is 14.1. The van der Waals surface area contributed by atoms with Gasteiger partial charge in [-0.15, -0.1) is 0 Å². The monoisotopic (exact) mass is 330 g/mol. The molecule has 3 nitrogen and oxygen atoms in total. The molecule has 25 heavy (non-hydrogen) atoms. The highest BCUT2D eigenvalue weighted by molar-refractivity contribution is 5.94. The van der Waals surface area contributed by atoms with Gasteiger partial charge in [0, 0.05) is 17.8 Å². The summed E-state index contributed by atoms with van der Waals surface area (Å²) in [6, 6.07) is 29.9. The fourth-order valence-electron chi connectivity index (χ4n) is 2.76. The van der Waals surface area contributed by atoms with Crippen molar-refractivity contribution in [1.29, 1.82) is 0 Å². The first-order valence-corrected chi connectivity index (χ1v) is 8.53. The first-order chi connectivity index (χ1) is 12.3. The van der Waals surface area contributed by atoms with Crippen LogP contribution in [0.3, 0.4) is 0 Å². The van der Waals surface area contributed by atoms with Gasteiger partial charge in [-0.1, -0.05) is 66.7 Å². The van der Waals surface area contributed by atoms with E-state index in [1.54, 1.807) is 0 Å². The Labute approximate surface area is 148 Å². The predicted octanol–water partition coefficient (Wildman–Crippen LogP) is 4.66. The molecule has 0 fully saturated rings. The molecule has 0 aromatic heterocycles. The molecule has 1 amide bonds. The zero-order valence-electron chi connectivity index (χ0n) is 14.1. The Morgan fingerprint density at radius 3 is 1.96 bits per heavy atom. The Hall–Kier alpha value is -3.07. The highest BCUT2D eigenvalue weighted by Gasteiger charge is 2.12. The second-order valence-corrected chi connectivity index (χ2v) is 5.88. The molecule has 0 saturated heterocycles. The summed E-state index contributed by atoms with van der Waals surface area (Å²) in [5, 5.41) is 6.56. The van der Waals surface area contributed by atoms with E-state index in [0.29, 0.717) is 12.1 Å². The average molecular weight is 330 g/mol. The molecule has 0 bridgehead atoms. The van der Waals surface area contributed by atoms with E-state index >= 15 is 0 Å². The fourth-order valence-corrected chi connectivity index (χ4v) is 2.76. The number of hydrogen-bond donors (Lipinski definition) is 2. The van der Waals surface area contributed by atoms with Gasteiger partial charge >= 0.3 is 0 Å². The number of rotatable bonds is 7. The molecule has 0 aliphatic carbocycles. The standard InChI is InChI=1S/C22H22N2O/c25-22(19-12-6-2-7-13-19)23-17-16-21(18-10-4-1-5-11-18)24-20-14-8-3-9-15-20/h1-15,21,24H,16-17H2,(H,23,25). The molecule has 3 aromatic carbocycles. The van der Waals surface area contributed by atoms with Gasteiger partial charge in [0.25, 0.3) is 5.91 Å². The summed E-state index contributed by atoms with van der Waals surface area (Å²) in [5.41, 5.74) is 2.97. The Morgan fingerprint density at radius 1 is 0.760 bits per heavy atom. The summed E-state index contributed by atoms with van der Waals surface area (Å²) < 4.78 is 0. The summed E-state index contributed by atoms with van der Waals surface area (Å²) in [6.07, 6.45) is 0.803. The molecule has 1 atom stereocenters. The van der Waals surface area contributed by atoms with E-state index < -0.39 is 0 Å². The van der Waals surface area contributed by atoms with Crippen molar-refractivity contribution in [1.82, 2.24) is 5.32 Å². The lowest BCUT2D eigenvalue weighted by atomic mass is 10.0. The van der Waals surface area contributed by atoms with Crippen molar-refractivity contribution in [3.05, 3.63) is 102 Å². The van der Waals surface area contributed by atoms with Gasteiger partial charge in [-0.3, -0.25) is 4.79 Å². The summed E-state index contributed by atoms with van der Waals surface area (Å²) in [6.45, 7) is 0.604. The van der Waals surface area contributed by atoms with Crippen molar-refractivity contribution < 1.29 is 4.79 Å². The smallest absolute Gasteiger partial charge is 0.251 e. The van der Waals surface area contributed by atoms with Gasteiger partial charge in [0.05, 0.1) is 6.04 Å². The fraction of sp³-hybridized carbons (Fsp3) is 0.136. The van der Waals surface area contributed by atoms with Gasteiger partial charge in [0.15, 0.2) is 0 Å². The molecule has 0 saturated carbocycles. The molecular formula is C22H22N2O. The van der Waals surface area contributed by atoms with Crippen LogP contribution in [0.5, 0.6) is 0 Å². The van der Waals surface area contributed by atoms with Crippen molar-refractivity contribution in [3.8, 4) is 0 Å². The Bertz CT molecular complexity index is 773. The van der Waals surface area contributed by atoms with Crippen molar-refractivity contribution in [2.75, 3.05) is 11.9 Å². The van der Waals surface area contributed by atoms with Crippen molar-refractivity contribution in [3.63, 3.8) is 0 Å². The van der Waals surface area contributed by atoms with Gasteiger partial charge in [-0.25, -0.2) is 0 Å². The van der Waals surface area contributed by atoms with E-state index in [1.807, 2.05) is 66.7 Å². The minimum Gasteiger partial charge on any atom is -0.378 e. The zero-order chi connectivity index (χ0) is 17.3. The molecule has 126 valence electrons. The average Bonchev–Trinajstić information content (AvgIpc) is 2.69. The van der Waals surface area contributed by atoms with Gasteiger partial charge < -0.3 is 10.6 Å². The third-order valence-electron chi connectivity index (χ3n) is 4.07. The quantitative estimate of drug-likeness (QED) is 0.661. The van der Waals surface area contributed by atoms with Gasteiger partial charge in [0.1, 0.15) is 0 Å². The van der Waals surface area contributed by atoms with E-state index in [4.69, 9.17) is 0 Å². The number of carbonyl (C=O) groups is 1. The highest BCUT2D eigenvalue weighted by atomic mass is 16.1. The molecule has 3 heteroatoms. The van der Waals surface area contributed by atoms with Gasteiger partial charge in [-0.05, 0) is 36.2 Å². The molecule has 2 N–H and O–H groups in total. The minimum absolute atomic E-state index is 0.0351. The summed E-state index contributed by atoms with van der Waals surface area (Å²) in [5.74, 6) is -0.0351. The normalized spacial score (nSPS) is 11.5. The minimum atomic E-state index is -0.0351. The summed E-state index contributed by atoms with van der Waals surface area (Å²) >= 11 is 0. The van der Waals surface area contributed by atoms with E-state index in [1.165, 1.54) is 5.56 Å². The summed E-state index contributed by atoms with van der Waals surface area (Å²) in [7, 11) is 0. The SMILES string of the molecule is O=C(NCCC(Nc1ccccc1)c1ccccc1)c1ccccc1. The van der Waals surface area contributed by atoms with Crippen LogP contribution in [-0.4, -0.2) is 12.5 Å². The third-order valence-corrected chi connectivity index (χ3v) is 4.07. The van der Waals surface area contributed by atoms with E-state index in [2.05, 4.69) is 34.9 Å². The Balaban J connectivity index is 1.63. The van der Waals surface area contributed by atoms with Crippen LogP contribution >= 0.6 is 0 Å². The largest absolute Gasteiger partial charge is 0.378 e. The van der Waals surface area contributed by atoms with Crippen LogP contribution in [0.2, 0.25) is 0 Å². The molecular weight excluding hydrogens is 308 g/mol. The van der Waals surface area contributed by atoms with E-state index in [0.717, 1.165) is 12.1 Å². The Morgan fingerprint density at radius 2 is 1.32 bits per heavy atom. The summed E-state index contributed by atoms with van der Waals surface area (Å²) in [4.78, 5) is 12.2. The number of anilines is 1. The topological polar surface area (TPSA) is 41.1 Å². The molecule has 0 spiro atoms. The van der Waals surface area contributed by atoms with Gasteiger partial charge in [-0.2, -0.15) is 0 Å². The van der Waals surface area contributed by atoms with Crippen LogP contribution < -0.4 is 10.6 Å². The van der Waals surface area contributed by atoms with Crippen molar-refractivity contribution in [2.45, 2.75) is 12.5 Å². The Kier molecular flexibility index (Phi) is 5.83. The molecule has 1 unspecified atom stereocenters. The van der Waals surface area contributed by atoms with Crippen molar-refractivity contribution >= 4 is 11.6 Å². The molecule has 0 heterocycles. The van der Waals surface area contributed by atoms with Crippen LogP contribution in [0, 0.1) is 0 Å². The maximum absolute atomic E-state index is 12.2. The lowest BCUT2D eigenvalue weighted by molar-refractivity contribution is 0.0952. The predicted molar refractivity (Wildman–Crippen MR) is 103 cm³/mol. The molecule has 0 aliphatic rings. The van der Waals surface area contributed by atoms with E-state index in [9.17, 15) is 4.79 Å². The number of amides is 1. The van der Waals surface area contributed by atoms with Crippen LogP contribution in [-0.2, 0) is 0 Å². The first-order valence-electron chi connectivity index (χ1n) is 8.53. The lowest BCUT2D eigenvalue weighted by Crippen LogP contribution is -2.27. The van der Waals surface area contributed by atoms with Crippen LogP contribution in [0.15, 0.2) is 91.0 Å². The van der Waals surface area contributed by atoms with Gasteiger partial charge in [0.2, 0.25) is 0 Å². The number of benzene rings is 3. The molecule has 3 aromatic rings. The molecule has 0 radical (unpaired) electrons. The highest BCUT2D eigenvalue weighted by Crippen LogP contribution is 2.22. The van der Waals surface area contributed by atoms with Crippen LogP contribution in [0.25, 0.3) is 0 Å².